The van der Waals surface area contributed by atoms with Gasteiger partial charge in [0.2, 0.25) is 10.0 Å². The average Bonchev–Trinajstić information content (AvgIpc) is 2.70. The lowest BCUT2D eigenvalue weighted by Crippen LogP contribution is -2.39. The third kappa shape index (κ3) is 4.08. The zero-order chi connectivity index (χ0) is 15.6. The van der Waals surface area contributed by atoms with Crippen LogP contribution in [0.3, 0.4) is 0 Å². The topological polar surface area (TPSA) is 63.1 Å². The minimum atomic E-state index is -3.43. The monoisotopic (exact) mass is 313 g/mol. The van der Waals surface area contributed by atoms with E-state index in [4.69, 9.17) is 0 Å². The van der Waals surface area contributed by atoms with Crippen molar-refractivity contribution < 1.29 is 8.42 Å². The lowest BCUT2D eigenvalue weighted by molar-refractivity contribution is 0.257. The molecule has 2 rings (SSSR count). The molecule has 0 radical (unpaired) electrons. The normalized spacial score (nSPS) is 27.0. The fourth-order valence-corrected chi connectivity index (χ4v) is 4.77. The highest BCUT2D eigenvalue weighted by Gasteiger charge is 2.28. The van der Waals surface area contributed by atoms with Crippen LogP contribution in [0.2, 0.25) is 0 Å². The summed E-state index contributed by atoms with van der Waals surface area (Å²) in [6, 6.07) is 1.80. The molecular weight excluding hydrogens is 286 g/mol. The van der Waals surface area contributed by atoms with Gasteiger partial charge in [-0.25, -0.2) is 13.1 Å². The Morgan fingerprint density at radius 3 is 2.43 bits per heavy atom. The summed E-state index contributed by atoms with van der Waals surface area (Å²) in [5.41, 5.74) is 0.961. The SMILES string of the molecule is CNCc1cc(S(=O)(=O)NC2CC(C)CC(C)C2)cn1C. The van der Waals surface area contributed by atoms with Crippen LogP contribution in [0.4, 0.5) is 0 Å². The van der Waals surface area contributed by atoms with Gasteiger partial charge in [0.1, 0.15) is 0 Å². The van der Waals surface area contributed by atoms with E-state index < -0.39 is 10.0 Å². The molecule has 1 aliphatic rings. The summed E-state index contributed by atoms with van der Waals surface area (Å²) < 4.78 is 29.8. The summed E-state index contributed by atoms with van der Waals surface area (Å²) in [6.07, 6.45) is 4.74. The second kappa shape index (κ2) is 6.50. The van der Waals surface area contributed by atoms with Crippen LogP contribution in [0.15, 0.2) is 17.2 Å². The van der Waals surface area contributed by atoms with E-state index in [-0.39, 0.29) is 6.04 Å². The molecule has 1 heterocycles. The van der Waals surface area contributed by atoms with Crippen molar-refractivity contribution in [2.45, 2.75) is 50.6 Å². The van der Waals surface area contributed by atoms with E-state index >= 15 is 0 Å². The van der Waals surface area contributed by atoms with Gasteiger partial charge in [0, 0.05) is 31.5 Å². The Morgan fingerprint density at radius 1 is 1.24 bits per heavy atom. The van der Waals surface area contributed by atoms with E-state index in [1.54, 1.807) is 12.3 Å². The lowest BCUT2D eigenvalue weighted by atomic mass is 9.81. The predicted molar refractivity (Wildman–Crippen MR) is 84.5 cm³/mol. The molecule has 2 atom stereocenters. The van der Waals surface area contributed by atoms with E-state index in [0.29, 0.717) is 23.3 Å². The van der Waals surface area contributed by atoms with E-state index in [9.17, 15) is 8.42 Å². The first-order valence-corrected chi connectivity index (χ1v) is 9.12. The first-order chi connectivity index (χ1) is 9.81. The molecule has 1 aromatic heterocycles. The maximum absolute atomic E-state index is 12.5. The molecule has 0 spiro atoms. The van der Waals surface area contributed by atoms with E-state index in [1.807, 2.05) is 18.7 Å². The second-order valence-electron chi connectivity index (χ2n) is 6.54. The largest absolute Gasteiger partial charge is 0.352 e. The molecule has 5 nitrogen and oxygen atoms in total. The Kier molecular flexibility index (Phi) is 5.11. The molecule has 2 unspecified atom stereocenters. The fraction of sp³-hybridized carbons (Fsp3) is 0.733. The Morgan fingerprint density at radius 2 is 1.86 bits per heavy atom. The van der Waals surface area contributed by atoms with Gasteiger partial charge in [0.25, 0.3) is 0 Å². The summed E-state index contributed by atoms with van der Waals surface area (Å²) >= 11 is 0. The molecule has 1 saturated carbocycles. The Labute approximate surface area is 128 Å². The van der Waals surface area contributed by atoms with Crippen LogP contribution in [0.1, 0.15) is 38.8 Å². The second-order valence-corrected chi connectivity index (χ2v) is 8.26. The average molecular weight is 313 g/mol. The lowest BCUT2D eigenvalue weighted by Gasteiger charge is -2.31. The van der Waals surface area contributed by atoms with Gasteiger partial charge in [-0.05, 0) is 44.2 Å². The standard InChI is InChI=1S/C15H27N3O2S/c1-11-5-12(2)7-13(6-11)17-21(19,20)15-8-14(9-16-3)18(4)10-15/h8,10-13,16-17H,5-7,9H2,1-4H3. The van der Waals surface area contributed by atoms with Crippen molar-refractivity contribution in [3.63, 3.8) is 0 Å². The molecule has 2 N–H and O–H groups in total. The molecule has 0 bridgehead atoms. The Bertz CT molecular complexity index is 570. The summed E-state index contributed by atoms with van der Waals surface area (Å²) in [6.45, 7) is 5.05. The summed E-state index contributed by atoms with van der Waals surface area (Å²) in [5.74, 6) is 1.16. The number of hydrogen-bond acceptors (Lipinski definition) is 3. The zero-order valence-corrected chi connectivity index (χ0v) is 14.2. The van der Waals surface area contributed by atoms with Crippen molar-refractivity contribution in [2.75, 3.05) is 7.05 Å². The van der Waals surface area contributed by atoms with E-state index in [2.05, 4.69) is 23.9 Å². The van der Waals surface area contributed by atoms with Gasteiger partial charge in [-0.15, -0.1) is 0 Å². The Hall–Kier alpha value is -0.850. The van der Waals surface area contributed by atoms with Gasteiger partial charge in [-0.3, -0.25) is 0 Å². The highest BCUT2D eigenvalue weighted by Crippen LogP contribution is 2.29. The predicted octanol–water partition coefficient (Wildman–Crippen LogP) is 1.85. The van der Waals surface area contributed by atoms with Crippen molar-refractivity contribution in [3.05, 3.63) is 18.0 Å². The molecule has 1 fully saturated rings. The fourth-order valence-electron chi connectivity index (χ4n) is 3.41. The van der Waals surface area contributed by atoms with E-state index in [0.717, 1.165) is 18.5 Å². The van der Waals surface area contributed by atoms with Gasteiger partial charge in [-0.2, -0.15) is 0 Å². The quantitative estimate of drug-likeness (QED) is 0.872. The molecular formula is C15H27N3O2S. The first-order valence-electron chi connectivity index (χ1n) is 7.64. The van der Waals surface area contributed by atoms with Gasteiger partial charge >= 0.3 is 0 Å². The van der Waals surface area contributed by atoms with E-state index in [1.165, 1.54) is 6.42 Å². The zero-order valence-electron chi connectivity index (χ0n) is 13.4. The molecule has 1 aliphatic carbocycles. The number of nitrogens with one attached hydrogen (secondary N) is 2. The van der Waals surface area contributed by atoms with Crippen LogP contribution in [0.5, 0.6) is 0 Å². The van der Waals surface area contributed by atoms with Crippen LogP contribution < -0.4 is 10.0 Å². The number of hydrogen-bond donors (Lipinski definition) is 2. The molecule has 6 heteroatoms. The highest BCUT2D eigenvalue weighted by molar-refractivity contribution is 7.89. The van der Waals surface area contributed by atoms with Gasteiger partial charge in [-0.1, -0.05) is 13.8 Å². The van der Waals surface area contributed by atoms with Gasteiger partial charge in [0.15, 0.2) is 0 Å². The maximum atomic E-state index is 12.5. The molecule has 0 aromatic carbocycles. The summed E-state index contributed by atoms with van der Waals surface area (Å²) in [7, 11) is 0.298. The van der Waals surface area contributed by atoms with Gasteiger partial charge in [0.05, 0.1) is 4.90 Å². The van der Waals surface area contributed by atoms with Crippen molar-refractivity contribution in [3.8, 4) is 0 Å². The van der Waals surface area contributed by atoms with Crippen molar-refractivity contribution >= 4 is 10.0 Å². The number of sulfonamides is 1. The minimum Gasteiger partial charge on any atom is -0.352 e. The number of nitrogens with zero attached hydrogens (tertiary/aromatic N) is 1. The van der Waals surface area contributed by atoms with Crippen LogP contribution >= 0.6 is 0 Å². The van der Waals surface area contributed by atoms with Crippen molar-refractivity contribution in [2.24, 2.45) is 18.9 Å². The number of rotatable bonds is 5. The van der Waals surface area contributed by atoms with Gasteiger partial charge < -0.3 is 9.88 Å². The maximum Gasteiger partial charge on any atom is 0.242 e. The van der Waals surface area contributed by atoms with Crippen molar-refractivity contribution in [1.82, 2.24) is 14.6 Å². The molecule has 120 valence electrons. The smallest absolute Gasteiger partial charge is 0.242 e. The minimum absolute atomic E-state index is 0.0571. The highest BCUT2D eigenvalue weighted by atomic mass is 32.2. The third-order valence-electron chi connectivity index (χ3n) is 4.25. The van der Waals surface area contributed by atoms with Crippen LogP contribution in [-0.4, -0.2) is 26.1 Å². The molecule has 0 amide bonds. The number of aromatic nitrogens is 1. The first kappa shape index (κ1) is 16.5. The van der Waals surface area contributed by atoms with Crippen LogP contribution in [0, 0.1) is 11.8 Å². The number of aryl methyl sites for hydroxylation is 1. The van der Waals surface area contributed by atoms with Crippen LogP contribution in [0.25, 0.3) is 0 Å². The Balaban J connectivity index is 2.12. The molecule has 1 aromatic rings. The van der Waals surface area contributed by atoms with Crippen molar-refractivity contribution in [1.29, 1.82) is 0 Å². The summed E-state index contributed by atoms with van der Waals surface area (Å²) in [4.78, 5) is 0.362. The third-order valence-corrected chi connectivity index (χ3v) is 5.74. The molecule has 0 aliphatic heterocycles. The molecule has 0 saturated heterocycles. The summed E-state index contributed by atoms with van der Waals surface area (Å²) in [5, 5.41) is 3.05. The molecule has 21 heavy (non-hydrogen) atoms. The van der Waals surface area contributed by atoms with Crippen LogP contribution in [-0.2, 0) is 23.6 Å².